The Labute approximate surface area is 161 Å². The van der Waals surface area contributed by atoms with Crippen molar-refractivity contribution in [2.45, 2.75) is 19.8 Å². The van der Waals surface area contributed by atoms with Gasteiger partial charge in [0.15, 0.2) is 12.4 Å². The summed E-state index contributed by atoms with van der Waals surface area (Å²) < 4.78 is 12.0. The van der Waals surface area contributed by atoms with Gasteiger partial charge in [0.2, 0.25) is 0 Å². The van der Waals surface area contributed by atoms with Crippen LogP contribution in [0, 0.1) is 0 Å². The molecule has 1 aromatic carbocycles. The maximum Gasteiger partial charge on any atom is 0.260 e. The number of nitrogens with two attached hydrogens (primary N) is 1. The first-order valence-electron chi connectivity index (χ1n) is 9.12. The van der Waals surface area contributed by atoms with Gasteiger partial charge >= 0.3 is 0 Å². The Hall–Kier alpha value is -2.45. The largest absolute Gasteiger partial charge is 0.484 e. The SMILES string of the molecule is CCCc1nc2c(N)nc3cc(OCC(=O)N4CCOCC4)ccc3c2s1. The second kappa shape index (κ2) is 7.66. The molecule has 1 aliphatic heterocycles. The van der Waals surface area contributed by atoms with Crippen molar-refractivity contribution in [2.24, 2.45) is 0 Å². The maximum atomic E-state index is 12.2. The molecule has 3 heterocycles. The molecule has 1 aliphatic rings. The molecule has 0 unspecified atom stereocenters. The molecule has 0 saturated carbocycles. The Morgan fingerprint density at radius 3 is 2.93 bits per heavy atom. The monoisotopic (exact) mass is 386 g/mol. The molecule has 0 spiro atoms. The van der Waals surface area contributed by atoms with Crippen LogP contribution in [0.4, 0.5) is 5.82 Å². The molecule has 1 amide bonds. The number of rotatable bonds is 5. The quantitative estimate of drug-likeness (QED) is 0.725. The molecule has 142 valence electrons. The summed E-state index contributed by atoms with van der Waals surface area (Å²) in [6, 6.07) is 5.66. The third kappa shape index (κ3) is 3.68. The van der Waals surface area contributed by atoms with Gasteiger partial charge in [0, 0.05) is 24.5 Å². The molecule has 4 rings (SSSR count). The summed E-state index contributed by atoms with van der Waals surface area (Å²) in [7, 11) is 0. The number of amides is 1. The first kappa shape index (κ1) is 17.9. The van der Waals surface area contributed by atoms with Gasteiger partial charge in [-0.3, -0.25) is 4.79 Å². The predicted molar refractivity (Wildman–Crippen MR) is 106 cm³/mol. The highest BCUT2D eigenvalue weighted by Gasteiger charge is 2.18. The van der Waals surface area contributed by atoms with Crippen LogP contribution in [0.25, 0.3) is 21.1 Å². The number of benzene rings is 1. The molecule has 7 nitrogen and oxygen atoms in total. The Bertz CT molecular complexity index is 982. The molecule has 0 bridgehead atoms. The van der Waals surface area contributed by atoms with Crippen molar-refractivity contribution in [3.05, 3.63) is 23.2 Å². The summed E-state index contributed by atoms with van der Waals surface area (Å²) in [5, 5.41) is 2.08. The molecule has 8 heteroatoms. The third-order valence-electron chi connectivity index (χ3n) is 4.56. The van der Waals surface area contributed by atoms with Crippen molar-refractivity contribution in [1.82, 2.24) is 14.9 Å². The van der Waals surface area contributed by atoms with E-state index in [1.165, 1.54) is 0 Å². The van der Waals surface area contributed by atoms with Crippen LogP contribution >= 0.6 is 11.3 Å². The number of nitrogen functional groups attached to an aromatic ring is 1. The molecule has 0 atom stereocenters. The zero-order valence-electron chi connectivity index (χ0n) is 15.2. The molecular weight excluding hydrogens is 364 g/mol. The summed E-state index contributed by atoms with van der Waals surface area (Å²) in [6.45, 7) is 4.52. The van der Waals surface area contributed by atoms with Gasteiger partial charge in [-0.15, -0.1) is 11.3 Å². The minimum absolute atomic E-state index is 0.00440. The molecule has 0 aliphatic carbocycles. The predicted octanol–water partition coefficient (Wildman–Crippen LogP) is 2.62. The van der Waals surface area contributed by atoms with Crippen molar-refractivity contribution in [2.75, 3.05) is 38.6 Å². The third-order valence-corrected chi connectivity index (χ3v) is 5.71. The molecule has 1 fully saturated rings. The van der Waals surface area contributed by atoms with Gasteiger partial charge in [0.1, 0.15) is 11.3 Å². The van der Waals surface area contributed by atoms with Gasteiger partial charge < -0.3 is 20.1 Å². The number of hydrogen-bond acceptors (Lipinski definition) is 7. The van der Waals surface area contributed by atoms with Gasteiger partial charge in [0.05, 0.1) is 28.4 Å². The Kier molecular flexibility index (Phi) is 5.09. The average Bonchev–Trinajstić information content (AvgIpc) is 3.11. The number of anilines is 1. The van der Waals surface area contributed by atoms with Crippen molar-refractivity contribution in [3.63, 3.8) is 0 Å². The van der Waals surface area contributed by atoms with Crippen molar-refractivity contribution >= 4 is 44.2 Å². The minimum Gasteiger partial charge on any atom is -0.484 e. The van der Waals surface area contributed by atoms with E-state index in [-0.39, 0.29) is 12.5 Å². The molecule has 2 aromatic heterocycles. The van der Waals surface area contributed by atoms with E-state index in [4.69, 9.17) is 15.2 Å². The zero-order chi connectivity index (χ0) is 18.8. The van der Waals surface area contributed by atoms with Crippen LogP contribution in [-0.4, -0.2) is 53.7 Å². The smallest absolute Gasteiger partial charge is 0.260 e. The van der Waals surface area contributed by atoms with Crippen LogP contribution in [0.1, 0.15) is 18.4 Å². The summed E-state index contributed by atoms with van der Waals surface area (Å²) in [5.74, 6) is 0.999. The standard InChI is InChI=1S/C19H22N4O3S/c1-2-3-15-22-17-18(27-15)13-5-4-12(10-14(13)21-19(17)20)26-11-16(24)23-6-8-25-9-7-23/h4-5,10H,2-3,6-9,11H2,1H3,(H2,20,21). The molecule has 27 heavy (non-hydrogen) atoms. The van der Waals surface area contributed by atoms with Crippen LogP contribution in [0.2, 0.25) is 0 Å². The number of nitrogens with zero attached hydrogens (tertiary/aromatic N) is 3. The van der Waals surface area contributed by atoms with Gasteiger partial charge in [-0.2, -0.15) is 0 Å². The van der Waals surface area contributed by atoms with Crippen LogP contribution in [0.15, 0.2) is 18.2 Å². The fraction of sp³-hybridized carbons (Fsp3) is 0.421. The van der Waals surface area contributed by atoms with E-state index >= 15 is 0 Å². The Morgan fingerprint density at radius 2 is 2.15 bits per heavy atom. The number of carbonyl (C=O) groups is 1. The Morgan fingerprint density at radius 1 is 1.33 bits per heavy atom. The number of hydrogen-bond donors (Lipinski definition) is 1. The number of morpholine rings is 1. The van der Waals surface area contributed by atoms with Gasteiger partial charge in [-0.1, -0.05) is 6.92 Å². The molecule has 2 N–H and O–H groups in total. The van der Waals surface area contributed by atoms with E-state index in [9.17, 15) is 4.79 Å². The normalized spacial score (nSPS) is 14.8. The minimum atomic E-state index is -0.0343. The maximum absolute atomic E-state index is 12.2. The number of fused-ring (bicyclic) bond motifs is 3. The second-order valence-corrected chi connectivity index (χ2v) is 7.58. The molecule has 0 radical (unpaired) electrons. The summed E-state index contributed by atoms with van der Waals surface area (Å²) in [6.07, 6.45) is 1.98. The van der Waals surface area contributed by atoms with E-state index in [2.05, 4.69) is 16.9 Å². The number of carbonyl (C=O) groups excluding carboxylic acids is 1. The molecule has 1 saturated heterocycles. The first-order valence-corrected chi connectivity index (χ1v) is 9.94. The second-order valence-electron chi connectivity index (χ2n) is 6.49. The Balaban J connectivity index is 1.56. The number of thiazole rings is 1. The zero-order valence-corrected chi connectivity index (χ0v) is 16.1. The van der Waals surface area contributed by atoms with Crippen molar-refractivity contribution in [3.8, 4) is 5.75 Å². The van der Waals surface area contributed by atoms with Crippen LogP contribution in [-0.2, 0) is 16.0 Å². The molecule has 3 aromatic rings. The number of ether oxygens (including phenoxy) is 2. The van der Waals surface area contributed by atoms with E-state index < -0.39 is 0 Å². The highest BCUT2D eigenvalue weighted by atomic mass is 32.1. The van der Waals surface area contributed by atoms with Crippen molar-refractivity contribution < 1.29 is 14.3 Å². The fourth-order valence-corrected chi connectivity index (χ4v) is 4.37. The number of pyridine rings is 1. The fourth-order valence-electron chi connectivity index (χ4n) is 3.16. The van der Waals surface area contributed by atoms with E-state index in [1.54, 1.807) is 16.2 Å². The lowest BCUT2D eigenvalue weighted by atomic mass is 10.2. The van der Waals surface area contributed by atoms with Gasteiger partial charge in [-0.25, -0.2) is 9.97 Å². The van der Waals surface area contributed by atoms with Crippen LogP contribution in [0.5, 0.6) is 5.75 Å². The highest BCUT2D eigenvalue weighted by Crippen LogP contribution is 2.34. The van der Waals surface area contributed by atoms with Crippen LogP contribution in [0.3, 0.4) is 0 Å². The van der Waals surface area contributed by atoms with Crippen molar-refractivity contribution in [1.29, 1.82) is 0 Å². The number of aryl methyl sites for hydroxylation is 1. The van der Waals surface area contributed by atoms with Crippen LogP contribution < -0.4 is 10.5 Å². The lowest BCUT2D eigenvalue weighted by Gasteiger charge is -2.26. The van der Waals surface area contributed by atoms with E-state index in [1.807, 2.05) is 18.2 Å². The topological polar surface area (TPSA) is 90.6 Å². The summed E-state index contributed by atoms with van der Waals surface area (Å²) in [4.78, 5) is 23.1. The number of aromatic nitrogens is 2. The van der Waals surface area contributed by atoms with E-state index in [0.29, 0.717) is 37.9 Å². The summed E-state index contributed by atoms with van der Waals surface area (Å²) in [5.41, 5.74) is 7.64. The van der Waals surface area contributed by atoms with Gasteiger partial charge in [0.25, 0.3) is 5.91 Å². The van der Waals surface area contributed by atoms with E-state index in [0.717, 1.165) is 39.0 Å². The first-order chi connectivity index (χ1) is 13.2. The summed E-state index contributed by atoms with van der Waals surface area (Å²) >= 11 is 1.66. The molecular formula is C19H22N4O3S. The highest BCUT2D eigenvalue weighted by molar-refractivity contribution is 7.19. The van der Waals surface area contributed by atoms with Gasteiger partial charge in [-0.05, 0) is 25.0 Å². The lowest BCUT2D eigenvalue weighted by Crippen LogP contribution is -2.42. The average molecular weight is 386 g/mol. The lowest BCUT2D eigenvalue weighted by molar-refractivity contribution is -0.137.